The highest BCUT2D eigenvalue weighted by molar-refractivity contribution is 9.10. The third-order valence-corrected chi connectivity index (χ3v) is 8.55. The Morgan fingerprint density at radius 1 is 1.00 bits per heavy atom. The highest BCUT2D eigenvalue weighted by atomic mass is 79.9. The van der Waals surface area contributed by atoms with E-state index in [9.17, 15) is 8.42 Å². The molecule has 2 aromatic carbocycles. The summed E-state index contributed by atoms with van der Waals surface area (Å²) >= 11 is 3.43. The Balaban J connectivity index is 1.83. The van der Waals surface area contributed by atoms with Crippen LogP contribution in [0.25, 0.3) is 10.9 Å². The van der Waals surface area contributed by atoms with Gasteiger partial charge >= 0.3 is 0 Å². The Morgan fingerprint density at radius 2 is 1.70 bits per heavy atom. The van der Waals surface area contributed by atoms with Crippen molar-refractivity contribution >= 4 is 36.9 Å². The normalized spacial score (nSPS) is 15.9. The molecular formula is C24H30BrN3O4S. The summed E-state index contributed by atoms with van der Waals surface area (Å²) in [6, 6.07) is 12.5. The lowest BCUT2D eigenvalue weighted by Gasteiger charge is -2.32. The van der Waals surface area contributed by atoms with Crippen molar-refractivity contribution in [1.82, 2.24) is 13.8 Å². The van der Waals surface area contributed by atoms with Crippen molar-refractivity contribution in [3.05, 3.63) is 52.6 Å². The summed E-state index contributed by atoms with van der Waals surface area (Å²) in [5.74, 6) is 1.31. The number of rotatable bonds is 7. The minimum Gasteiger partial charge on any atom is -0.497 e. The summed E-state index contributed by atoms with van der Waals surface area (Å²) in [7, 11) is -0.206. The Kier molecular flexibility index (Phi) is 7.04. The van der Waals surface area contributed by atoms with Crippen LogP contribution < -0.4 is 9.47 Å². The van der Waals surface area contributed by atoms with E-state index in [2.05, 4.69) is 32.8 Å². The van der Waals surface area contributed by atoms with E-state index in [1.165, 1.54) is 3.97 Å². The molecule has 0 bridgehead atoms. The molecule has 4 rings (SSSR count). The van der Waals surface area contributed by atoms with E-state index >= 15 is 0 Å². The first-order chi connectivity index (χ1) is 15.7. The van der Waals surface area contributed by atoms with Crippen LogP contribution in [-0.2, 0) is 16.6 Å². The lowest BCUT2D eigenvalue weighted by molar-refractivity contribution is 0.147. The Morgan fingerprint density at radius 3 is 2.33 bits per heavy atom. The highest BCUT2D eigenvalue weighted by Gasteiger charge is 2.27. The van der Waals surface area contributed by atoms with Gasteiger partial charge in [0.15, 0.2) is 0 Å². The van der Waals surface area contributed by atoms with Gasteiger partial charge in [-0.1, -0.05) is 0 Å². The van der Waals surface area contributed by atoms with Crippen molar-refractivity contribution in [2.45, 2.75) is 31.4 Å². The predicted octanol–water partition coefficient (Wildman–Crippen LogP) is 4.18. The second-order valence-corrected chi connectivity index (χ2v) is 11.3. The number of methoxy groups -OCH3 is 1. The molecule has 1 saturated heterocycles. The van der Waals surface area contributed by atoms with E-state index < -0.39 is 10.0 Å². The van der Waals surface area contributed by atoms with Crippen molar-refractivity contribution in [3.8, 4) is 11.5 Å². The minimum atomic E-state index is -3.87. The van der Waals surface area contributed by atoms with E-state index in [0.29, 0.717) is 22.3 Å². The number of hydrogen-bond acceptors (Lipinski definition) is 6. The average Bonchev–Trinajstić information content (AvgIpc) is 3.12. The number of nitrogens with zero attached hydrogens (tertiary/aromatic N) is 3. The standard InChI is InChI=1S/C24H30BrN3O4S/c1-17(2)32-21-5-7-23-18(14-21)13-19(16-27-11-9-26(3)10-12-27)28(23)33(29,30)24-8-6-20(31-4)15-22(24)25/h5-8,13-15,17H,9-12,16H2,1-4H3. The molecule has 0 saturated carbocycles. The number of halogens is 1. The molecule has 0 radical (unpaired) electrons. The molecule has 0 amide bonds. The predicted molar refractivity (Wildman–Crippen MR) is 134 cm³/mol. The molecule has 0 atom stereocenters. The van der Waals surface area contributed by atoms with Crippen LogP contribution in [0.3, 0.4) is 0 Å². The van der Waals surface area contributed by atoms with Gasteiger partial charge in [-0.15, -0.1) is 0 Å². The van der Waals surface area contributed by atoms with Crippen LogP contribution in [0.4, 0.5) is 0 Å². The zero-order chi connectivity index (χ0) is 23.8. The van der Waals surface area contributed by atoms with Crippen molar-refractivity contribution in [2.24, 2.45) is 0 Å². The van der Waals surface area contributed by atoms with Gasteiger partial charge in [-0.05, 0) is 79.3 Å². The van der Waals surface area contributed by atoms with Crippen LogP contribution in [0.1, 0.15) is 19.5 Å². The molecule has 33 heavy (non-hydrogen) atoms. The number of aromatic nitrogens is 1. The van der Waals surface area contributed by atoms with Gasteiger partial charge in [0.2, 0.25) is 0 Å². The topological polar surface area (TPSA) is 64.0 Å². The van der Waals surface area contributed by atoms with E-state index in [-0.39, 0.29) is 11.0 Å². The Hall–Kier alpha value is -2.07. The van der Waals surface area contributed by atoms with Gasteiger partial charge in [-0.2, -0.15) is 0 Å². The number of ether oxygens (including phenoxy) is 2. The van der Waals surface area contributed by atoms with Crippen LogP contribution >= 0.6 is 15.9 Å². The molecule has 1 aliphatic heterocycles. The molecule has 0 aliphatic carbocycles. The zero-order valence-electron chi connectivity index (χ0n) is 19.4. The molecule has 1 aliphatic rings. The second kappa shape index (κ2) is 9.66. The van der Waals surface area contributed by atoms with E-state index in [0.717, 1.165) is 43.0 Å². The highest BCUT2D eigenvalue weighted by Crippen LogP contribution is 2.33. The van der Waals surface area contributed by atoms with Crippen LogP contribution in [0.15, 0.2) is 51.8 Å². The zero-order valence-corrected chi connectivity index (χ0v) is 21.8. The maximum absolute atomic E-state index is 13.9. The number of fused-ring (bicyclic) bond motifs is 1. The van der Waals surface area contributed by atoms with Crippen molar-refractivity contribution in [2.75, 3.05) is 40.3 Å². The SMILES string of the molecule is COc1ccc(S(=O)(=O)n2c(CN3CCN(C)CC3)cc3cc(OC(C)C)ccc32)c(Br)c1. The molecule has 1 aromatic heterocycles. The fourth-order valence-electron chi connectivity index (χ4n) is 4.12. The number of hydrogen-bond donors (Lipinski definition) is 0. The lowest BCUT2D eigenvalue weighted by Crippen LogP contribution is -2.44. The lowest BCUT2D eigenvalue weighted by atomic mass is 10.2. The average molecular weight is 536 g/mol. The summed E-state index contributed by atoms with van der Waals surface area (Å²) in [6.07, 6.45) is 0.0355. The quantitative estimate of drug-likeness (QED) is 0.452. The Labute approximate surface area is 204 Å². The maximum atomic E-state index is 13.9. The van der Waals surface area contributed by atoms with E-state index in [1.54, 1.807) is 25.3 Å². The molecule has 0 unspecified atom stereocenters. The molecule has 3 aromatic rings. The largest absolute Gasteiger partial charge is 0.497 e. The third-order valence-electron chi connectivity index (χ3n) is 5.81. The van der Waals surface area contributed by atoms with E-state index in [1.807, 2.05) is 38.1 Å². The summed E-state index contributed by atoms with van der Waals surface area (Å²) in [6.45, 7) is 8.21. The van der Waals surface area contributed by atoms with Crippen molar-refractivity contribution < 1.29 is 17.9 Å². The molecule has 2 heterocycles. The van der Waals surface area contributed by atoms with Crippen LogP contribution in [0, 0.1) is 0 Å². The first-order valence-corrected chi connectivity index (χ1v) is 13.2. The van der Waals surface area contributed by atoms with Gasteiger partial charge in [0.05, 0.1) is 18.7 Å². The van der Waals surface area contributed by atoms with Gasteiger partial charge in [0.25, 0.3) is 10.0 Å². The molecule has 178 valence electrons. The summed E-state index contributed by atoms with van der Waals surface area (Å²) in [5, 5.41) is 0.838. The number of likely N-dealkylation sites (N-methyl/N-ethyl adjacent to an activating group) is 1. The van der Waals surface area contributed by atoms with Gasteiger partial charge in [0.1, 0.15) is 16.4 Å². The molecule has 0 spiro atoms. The van der Waals surface area contributed by atoms with Crippen molar-refractivity contribution in [3.63, 3.8) is 0 Å². The minimum absolute atomic E-state index is 0.0355. The van der Waals surface area contributed by atoms with Crippen molar-refractivity contribution in [1.29, 1.82) is 0 Å². The number of benzene rings is 2. The fourth-order valence-corrected chi connectivity index (χ4v) is 6.67. The molecular weight excluding hydrogens is 506 g/mol. The van der Waals surface area contributed by atoms with Crippen LogP contribution in [0.5, 0.6) is 11.5 Å². The summed E-state index contributed by atoms with van der Waals surface area (Å²) in [4.78, 5) is 4.78. The van der Waals surface area contributed by atoms with Gasteiger partial charge in [-0.3, -0.25) is 4.90 Å². The molecule has 0 N–H and O–H groups in total. The van der Waals surface area contributed by atoms with E-state index in [4.69, 9.17) is 9.47 Å². The van der Waals surface area contributed by atoms with Crippen LogP contribution in [0.2, 0.25) is 0 Å². The van der Waals surface area contributed by atoms with Crippen LogP contribution in [-0.4, -0.2) is 68.6 Å². The smallest absolute Gasteiger partial charge is 0.269 e. The van der Waals surface area contributed by atoms with Gasteiger partial charge in [0, 0.05) is 48.3 Å². The summed E-state index contributed by atoms with van der Waals surface area (Å²) in [5.41, 5.74) is 1.37. The van der Waals surface area contributed by atoms with Gasteiger partial charge in [-0.25, -0.2) is 12.4 Å². The molecule has 9 heteroatoms. The molecule has 1 fully saturated rings. The summed E-state index contributed by atoms with van der Waals surface area (Å²) < 4.78 is 40.9. The first-order valence-electron chi connectivity index (χ1n) is 11.0. The third kappa shape index (κ3) is 5.06. The maximum Gasteiger partial charge on any atom is 0.269 e. The fraction of sp³-hybridized carbons (Fsp3) is 0.417. The number of piperazine rings is 1. The Bertz CT molecular complexity index is 1250. The van der Waals surface area contributed by atoms with Gasteiger partial charge < -0.3 is 14.4 Å². The second-order valence-electron chi connectivity index (χ2n) is 8.67. The first kappa shape index (κ1) is 24.1. The monoisotopic (exact) mass is 535 g/mol. The molecule has 7 nitrogen and oxygen atoms in total.